The summed E-state index contributed by atoms with van der Waals surface area (Å²) in [5.74, 6) is -2.66. The molecule has 0 fully saturated rings. The molecule has 3 aromatic rings. The highest BCUT2D eigenvalue weighted by molar-refractivity contribution is 7.99. The number of aromatic nitrogens is 2. The van der Waals surface area contributed by atoms with Crippen molar-refractivity contribution in [1.82, 2.24) is 9.55 Å². The van der Waals surface area contributed by atoms with Crippen molar-refractivity contribution in [2.45, 2.75) is 18.5 Å². The molecule has 156 valence electrons. The van der Waals surface area contributed by atoms with Gasteiger partial charge in [0.25, 0.3) is 5.56 Å². The number of carbonyl (C=O) groups is 1. The van der Waals surface area contributed by atoms with E-state index in [2.05, 4.69) is 4.98 Å². The molecule has 6 nitrogen and oxygen atoms in total. The zero-order valence-corrected chi connectivity index (χ0v) is 17.0. The number of carbonyl (C=O) groups excluding carboxylic acids is 1. The van der Waals surface area contributed by atoms with Crippen LogP contribution in [-0.2, 0) is 6.42 Å². The minimum absolute atomic E-state index is 0.00542. The van der Waals surface area contributed by atoms with Crippen LogP contribution >= 0.6 is 11.8 Å². The van der Waals surface area contributed by atoms with Crippen molar-refractivity contribution in [3.05, 3.63) is 75.6 Å². The molecule has 0 radical (unpaired) electrons. The van der Waals surface area contributed by atoms with Gasteiger partial charge in [0.15, 0.2) is 22.6 Å². The topological polar surface area (TPSA) is 81.4 Å². The van der Waals surface area contributed by atoms with Gasteiger partial charge in [-0.25, -0.2) is 8.78 Å². The fraction of sp³-hybridized carbons (Fsp3) is 0.190. The molecule has 0 unspecified atom stereocenters. The molecule has 1 N–H and O–H groups in total. The lowest BCUT2D eigenvalue weighted by atomic mass is 10.1. The van der Waals surface area contributed by atoms with Crippen LogP contribution < -0.4 is 10.3 Å². The third kappa shape index (κ3) is 4.35. The molecule has 0 bridgehead atoms. The van der Waals surface area contributed by atoms with E-state index < -0.39 is 28.9 Å². The van der Waals surface area contributed by atoms with E-state index in [4.69, 9.17) is 4.74 Å². The smallest absolute Gasteiger partial charge is 0.265 e. The Morgan fingerprint density at radius 3 is 2.47 bits per heavy atom. The van der Waals surface area contributed by atoms with Crippen molar-refractivity contribution < 1.29 is 23.4 Å². The van der Waals surface area contributed by atoms with Gasteiger partial charge in [0.05, 0.1) is 24.1 Å². The maximum Gasteiger partial charge on any atom is 0.265 e. The largest absolute Gasteiger partial charge is 0.497 e. The van der Waals surface area contributed by atoms with E-state index in [9.17, 15) is 23.5 Å². The van der Waals surface area contributed by atoms with E-state index in [0.717, 1.165) is 23.9 Å². The number of methoxy groups -OCH3 is 1. The number of ether oxygens (including phenoxy) is 1. The molecule has 0 spiro atoms. The van der Waals surface area contributed by atoms with E-state index in [-0.39, 0.29) is 28.5 Å². The molecular weight excluding hydrogens is 414 g/mol. The second-order valence-electron chi connectivity index (χ2n) is 6.23. The molecule has 0 amide bonds. The predicted octanol–water partition coefficient (Wildman–Crippen LogP) is 3.76. The van der Waals surface area contributed by atoms with Crippen molar-refractivity contribution in [2.75, 3.05) is 12.9 Å². The molecular formula is C21H18F2N2O4S. The Kier molecular flexibility index (Phi) is 6.51. The summed E-state index contributed by atoms with van der Waals surface area (Å²) in [4.78, 5) is 29.4. The fourth-order valence-corrected chi connectivity index (χ4v) is 3.67. The molecule has 30 heavy (non-hydrogen) atoms. The number of ketones is 1. The van der Waals surface area contributed by atoms with E-state index in [0.29, 0.717) is 11.4 Å². The Labute approximate surface area is 175 Å². The first-order valence-corrected chi connectivity index (χ1v) is 9.94. The Morgan fingerprint density at radius 1 is 1.17 bits per heavy atom. The van der Waals surface area contributed by atoms with Gasteiger partial charge in [-0.2, -0.15) is 4.98 Å². The minimum atomic E-state index is -1.12. The first-order valence-electron chi connectivity index (χ1n) is 8.96. The maximum atomic E-state index is 13.4. The highest BCUT2D eigenvalue weighted by Crippen LogP contribution is 2.25. The number of Topliss-reactive ketones (excluding diaryl/α,β-unsaturated/α-hetero) is 1. The summed E-state index contributed by atoms with van der Waals surface area (Å²) in [5, 5.41) is 10.2. The number of benzene rings is 2. The van der Waals surface area contributed by atoms with Crippen molar-refractivity contribution in [3.63, 3.8) is 0 Å². The quantitative estimate of drug-likeness (QED) is 0.348. The van der Waals surface area contributed by atoms with Crippen LogP contribution in [-0.4, -0.2) is 33.3 Å². The Morgan fingerprint density at radius 2 is 1.87 bits per heavy atom. The maximum absolute atomic E-state index is 13.4. The van der Waals surface area contributed by atoms with Crippen LogP contribution in [0.2, 0.25) is 0 Å². The second kappa shape index (κ2) is 9.08. The van der Waals surface area contributed by atoms with Gasteiger partial charge in [0.1, 0.15) is 5.75 Å². The molecule has 0 aliphatic rings. The van der Waals surface area contributed by atoms with Crippen LogP contribution in [0.5, 0.6) is 11.6 Å². The van der Waals surface area contributed by atoms with Crippen molar-refractivity contribution in [2.24, 2.45) is 0 Å². The molecule has 0 saturated heterocycles. The van der Waals surface area contributed by atoms with Crippen LogP contribution in [0.15, 0.2) is 52.4 Å². The van der Waals surface area contributed by atoms with Gasteiger partial charge < -0.3 is 9.84 Å². The highest BCUT2D eigenvalue weighted by atomic mass is 32.2. The average molecular weight is 432 g/mol. The van der Waals surface area contributed by atoms with Crippen molar-refractivity contribution >= 4 is 17.5 Å². The summed E-state index contributed by atoms with van der Waals surface area (Å²) in [7, 11) is 1.52. The molecule has 3 rings (SSSR count). The van der Waals surface area contributed by atoms with Crippen LogP contribution in [0, 0.1) is 11.6 Å². The Bertz CT molecular complexity index is 1150. The van der Waals surface area contributed by atoms with Gasteiger partial charge >= 0.3 is 0 Å². The Balaban J connectivity index is 1.97. The van der Waals surface area contributed by atoms with Gasteiger partial charge in [-0.3, -0.25) is 14.2 Å². The van der Waals surface area contributed by atoms with Crippen LogP contribution in [0.4, 0.5) is 8.78 Å². The zero-order chi connectivity index (χ0) is 21.8. The van der Waals surface area contributed by atoms with Gasteiger partial charge in [0.2, 0.25) is 5.88 Å². The molecule has 2 aromatic carbocycles. The van der Waals surface area contributed by atoms with Crippen LogP contribution in [0.25, 0.3) is 5.69 Å². The monoisotopic (exact) mass is 432 g/mol. The number of hydrogen-bond donors (Lipinski definition) is 1. The van der Waals surface area contributed by atoms with Crippen LogP contribution in [0.1, 0.15) is 22.8 Å². The van der Waals surface area contributed by atoms with Gasteiger partial charge in [-0.15, -0.1) is 0 Å². The third-order valence-electron chi connectivity index (χ3n) is 4.38. The normalized spacial score (nSPS) is 10.8. The molecule has 1 aromatic heterocycles. The highest BCUT2D eigenvalue weighted by Gasteiger charge is 2.19. The first kappa shape index (κ1) is 21.5. The van der Waals surface area contributed by atoms with Crippen LogP contribution in [0.3, 0.4) is 0 Å². The van der Waals surface area contributed by atoms with Gasteiger partial charge in [-0.05, 0) is 48.9 Å². The summed E-state index contributed by atoms with van der Waals surface area (Å²) in [6.07, 6.45) is 0.270. The van der Waals surface area contributed by atoms with E-state index in [1.54, 1.807) is 31.2 Å². The molecule has 0 aliphatic heterocycles. The summed E-state index contributed by atoms with van der Waals surface area (Å²) in [6, 6.07) is 9.52. The summed E-state index contributed by atoms with van der Waals surface area (Å²) >= 11 is 0.907. The molecule has 0 atom stereocenters. The first-order chi connectivity index (χ1) is 14.3. The predicted molar refractivity (Wildman–Crippen MR) is 109 cm³/mol. The van der Waals surface area contributed by atoms with E-state index in [1.165, 1.54) is 17.7 Å². The number of halogens is 2. The van der Waals surface area contributed by atoms with E-state index >= 15 is 0 Å². The average Bonchev–Trinajstić information content (AvgIpc) is 2.74. The lowest BCUT2D eigenvalue weighted by Crippen LogP contribution is -2.25. The minimum Gasteiger partial charge on any atom is -0.497 e. The number of thioether (sulfide) groups is 1. The van der Waals surface area contributed by atoms with Crippen molar-refractivity contribution in [3.8, 4) is 17.3 Å². The molecule has 9 heteroatoms. The summed E-state index contributed by atoms with van der Waals surface area (Å²) in [6.45, 7) is 1.72. The fourth-order valence-electron chi connectivity index (χ4n) is 2.77. The van der Waals surface area contributed by atoms with E-state index in [1.807, 2.05) is 0 Å². The van der Waals surface area contributed by atoms with Gasteiger partial charge in [-0.1, -0.05) is 18.7 Å². The molecule has 0 aliphatic carbocycles. The Hall–Kier alpha value is -3.20. The standard InChI is InChI=1S/C21H18F2N2O4S/c1-3-15-19(27)24-21(25(20(15)28)13-5-7-14(29-2)8-6-13)30-11-18(26)12-4-9-16(22)17(23)10-12/h4-10,27H,3,11H2,1-2H3. The molecule has 1 heterocycles. The van der Waals surface area contributed by atoms with Crippen molar-refractivity contribution in [1.29, 1.82) is 0 Å². The lowest BCUT2D eigenvalue weighted by Gasteiger charge is -2.14. The lowest BCUT2D eigenvalue weighted by molar-refractivity contribution is 0.102. The number of nitrogens with zero attached hydrogens (tertiary/aromatic N) is 2. The SMILES string of the molecule is CCc1c(O)nc(SCC(=O)c2ccc(F)c(F)c2)n(-c2ccc(OC)cc2)c1=O. The number of aromatic hydroxyl groups is 1. The van der Waals surface area contributed by atoms with Gasteiger partial charge in [0, 0.05) is 5.56 Å². The third-order valence-corrected chi connectivity index (χ3v) is 5.32. The zero-order valence-electron chi connectivity index (χ0n) is 16.2. The molecule has 0 saturated carbocycles. The number of hydrogen-bond acceptors (Lipinski definition) is 6. The summed E-state index contributed by atoms with van der Waals surface area (Å²) in [5.41, 5.74) is 0.153. The number of rotatable bonds is 7. The second-order valence-corrected chi connectivity index (χ2v) is 7.17. The summed E-state index contributed by atoms with van der Waals surface area (Å²) < 4.78 is 32.9.